The lowest BCUT2D eigenvalue weighted by Crippen LogP contribution is -2.17. The van der Waals surface area contributed by atoms with E-state index in [1.54, 1.807) is 0 Å². The van der Waals surface area contributed by atoms with Crippen molar-refractivity contribution in [2.75, 3.05) is 5.73 Å². The van der Waals surface area contributed by atoms with Gasteiger partial charge in [0.2, 0.25) is 6.29 Å². The highest BCUT2D eigenvalue weighted by molar-refractivity contribution is 6.30. The molecule has 3 nitrogen and oxygen atoms in total. The zero-order chi connectivity index (χ0) is 12.5. The Morgan fingerprint density at radius 1 is 1.17 bits per heavy atom. The smallest absolute Gasteiger partial charge is 0.227 e. The second kappa shape index (κ2) is 4.52. The lowest BCUT2D eigenvalue weighted by Gasteiger charge is -2.26. The highest BCUT2D eigenvalue weighted by Crippen LogP contribution is 2.34. The Balaban J connectivity index is 1.89. The van der Waals surface area contributed by atoms with Crippen molar-refractivity contribution < 1.29 is 9.47 Å². The lowest BCUT2D eigenvalue weighted by molar-refractivity contribution is -0.111. The highest BCUT2D eigenvalue weighted by atomic mass is 35.5. The van der Waals surface area contributed by atoms with Crippen molar-refractivity contribution in [3.8, 4) is 5.75 Å². The molecule has 4 heteroatoms. The number of ether oxygens (including phenoxy) is 2. The molecule has 0 aliphatic carbocycles. The van der Waals surface area contributed by atoms with Gasteiger partial charge in [-0.05, 0) is 30.3 Å². The van der Waals surface area contributed by atoms with Crippen molar-refractivity contribution in [1.29, 1.82) is 0 Å². The number of rotatable bonds is 1. The number of halogens is 1. The average molecular weight is 262 g/mol. The second-order valence-corrected chi connectivity index (χ2v) is 4.62. The van der Waals surface area contributed by atoms with Crippen molar-refractivity contribution in [3.05, 3.63) is 58.6 Å². The van der Waals surface area contributed by atoms with E-state index in [4.69, 9.17) is 26.8 Å². The van der Waals surface area contributed by atoms with E-state index < -0.39 is 6.29 Å². The van der Waals surface area contributed by atoms with Crippen molar-refractivity contribution >= 4 is 17.3 Å². The molecule has 3 rings (SSSR count). The van der Waals surface area contributed by atoms with Crippen LogP contribution in [0.5, 0.6) is 5.75 Å². The van der Waals surface area contributed by atoms with Crippen LogP contribution in [0.25, 0.3) is 0 Å². The number of fused-ring (bicyclic) bond motifs is 1. The van der Waals surface area contributed by atoms with Crippen molar-refractivity contribution in [3.63, 3.8) is 0 Å². The van der Waals surface area contributed by atoms with Gasteiger partial charge in [-0.25, -0.2) is 0 Å². The summed E-state index contributed by atoms with van der Waals surface area (Å²) in [6.45, 7) is 0.484. The largest absolute Gasteiger partial charge is 0.460 e. The first kappa shape index (κ1) is 11.4. The number of nitrogens with two attached hydrogens (primary N) is 1. The summed E-state index contributed by atoms with van der Waals surface area (Å²) in [5.74, 6) is 0.806. The highest BCUT2D eigenvalue weighted by Gasteiger charge is 2.21. The normalized spacial score (nSPS) is 17.9. The first-order valence-corrected chi connectivity index (χ1v) is 6.02. The summed E-state index contributed by atoms with van der Waals surface area (Å²) in [6.07, 6.45) is -0.417. The maximum atomic E-state index is 5.96. The third kappa shape index (κ3) is 2.15. The van der Waals surface area contributed by atoms with Gasteiger partial charge in [-0.2, -0.15) is 0 Å². The topological polar surface area (TPSA) is 44.5 Å². The van der Waals surface area contributed by atoms with Gasteiger partial charge in [-0.3, -0.25) is 0 Å². The zero-order valence-corrected chi connectivity index (χ0v) is 10.4. The van der Waals surface area contributed by atoms with Crippen LogP contribution in [0.15, 0.2) is 42.5 Å². The van der Waals surface area contributed by atoms with E-state index in [0.29, 0.717) is 17.3 Å². The molecule has 0 aromatic heterocycles. The average Bonchev–Trinajstić information content (AvgIpc) is 2.38. The molecule has 2 aromatic rings. The molecule has 0 fully saturated rings. The Morgan fingerprint density at radius 3 is 2.89 bits per heavy atom. The Labute approximate surface area is 110 Å². The SMILES string of the molecule is Nc1ccc2c(c1)COC(c1cccc(Cl)c1)O2. The molecule has 0 saturated carbocycles. The summed E-state index contributed by atoms with van der Waals surface area (Å²) in [6, 6.07) is 13.0. The quantitative estimate of drug-likeness (QED) is 0.799. The first-order chi connectivity index (χ1) is 8.72. The van der Waals surface area contributed by atoms with Crippen molar-refractivity contribution in [2.45, 2.75) is 12.9 Å². The fourth-order valence-electron chi connectivity index (χ4n) is 1.96. The standard InChI is InChI=1S/C14H12ClNO2/c15-11-3-1-2-9(6-11)14-17-8-10-7-12(16)4-5-13(10)18-14/h1-7,14H,8,16H2. The molecule has 0 saturated heterocycles. The number of nitrogen functional groups attached to an aromatic ring is 1. The van der Waals surface area contributed by atoms with Crippen LogP contribution in [0.3, 0.4) is 0 Å². The number of benzene rings is 2. The van der Waals surface area contributed by atoms with Crippen LogP contribution >= 0.6 is 11.6 Å². The van der Waals surface area contributed by atoms with Crippen LogP contribution in [-0.4, -0.2) is 0 Å². The molecule has 1 unspecified atom stereocenters. The Hall–Kier alpha value is -1.71. The van der Waals surface area contributed by atoms with Gasteiger partial charge in [-0.1, -0.05) is 23.7 Å². The monoisotopic (exact) mass is 261 g/mol. The minimum absolute atomic E-state index is 0.417. The molecule has 0 radical (unpaired) electrons. The summed E-state index contributed by atoms with van der Waals surface area (Å²) in [4.78, 5) is 0. The van der Waals surface area contributed by atoms with E-state index in [1.807, 2.05) is 42.5 Å². The van der Waals surface area contributed by atoms with Crippen LogP contribution in [-0.2, 0) is 11.3 Å². The predicted octanol–water partition coefficient (Wildman–Crippen LogP) is 3.53. The molecule has 1 atom stereocenters. The fraction of sp³-hybridized carbons (Fsp3) is 0.143. The van der Waals surface area contributed by atoms with Crippen LogP contribution < -0.4 is 10.5 Å². The lowest BCUT2D eigenvalue weighted by atomic mass is 10.1. The van der Waals surface area contributed by atoms with E-state index in [9.17, 15) is 0 Å². The Kier molecular flexibility index (Phi) is 2.86. The Bertz CT molecular complexity index is 586. The Morgan fingerprint density at radius 2 is 2.06 bits per heavy atom. The molecule has 0 spiro atoms. The summed E-state index contributed by atoms with van der Waals surface area (Å²) in [5, 5.41) is 0.669. The van der Waals surface area contributed by atoms with Gasteiger partial charge in [-0.15, -0.1) is 0 Å². The minimum atomic E-state index is -0.417. The number of anilines is 1. The van der Waals surface area contributed by atoms with Crippen LogP contribution in [0, 0.1) is 0 Å². The fourth-order valence-corrected chi connectivity index (χ4v) is 2.16. The molecule has 1 aliphatic rings. The number of hydrogen-bond acceptors (Lipinski definition) is 3. The molecule has 1 aliphatic heterocycles. The van der Waals surface area contributed by atoms with Gasteiger partial charge in [0.05, 0.1) is 6.61 Å². The van der Waals surface area contributed by atoms with Crippen molar-refractivity contribution in [2.24, 2.45) is 0 Å². The van der Waals surface area contributed by atoms with Gasteiger partial charge in [0.15, 0.2) is 0 Å². The molecule has 92 valence electrons. The number of hydrogen-bond donors (Lipinski definition) is 1. The van der Waals surface area contributed by atoms with E-state index in [-0.39, 0.29) is 0 Å². The summed E-state index contributed by atoms with van der Waals surface area (Å²) in [5.41, 5.74) is 8.30. The van der Waals surface area contributed by atoms with Gasteiger partial charge in [0.1, 0.15) is 5.75 Å². The second-order valence-electron chi connectivity index (χ2n) is 4.18. The molecule has 0 bridgehead atoms. The minimum Gasteiger partial charge on any atom is -0.460 e. The molecule has 18 heavy (non-hydrogen) atoms. The van der Waals surface area contributed by atoms with Gasteiger partial charge >= 0.3 is 0 Å². The van der Waals surface area contributed by atoms with E-state index in [0.717, 1.165) is 16.9 Å². The molecule has 0 amide bonds. The van der Waals surface area contributed by atoms with E-state index >= 15 is 0 Å². The summed E-state index contributed by atoms with van der Waals surface area (Å²) < 4.78 is 11.5. The van der Waals surface area contributed by atoms with E-state index in [1.165, 1.54) is 0 Å². The molecule has 2 aromatic carbocycles. The van der Waals surface area contributed by atoms with Gasteiger partial charge in [0, 0.05) is 21.8 Å². The zero-order valence-electron chi connectivity index (χ0n) is 9.60. The maximum Gasteiger partial charge on any atom is 0.227 e. The summed E-state index contributed by atoms with van der Waals surface area (Å²) >= 11 is 5.96. The molecular formula is C14H12ClNO2. The predicted molar refractivity (Wildman–Crippen MR) is 70.5 cm³/mol. The molecule has 1 heterocycles. The molecule has 2 N–H and O–H groups in total. The van der Waals surface area contributed by atoms with Gasteiger partial charge in [0.25, 0.3) is 0 Å². The summed E-state index contributed by atoms with van der Waals surface area (Å²) in [7, 11) is 0. The molecular weight excluding hydrogens is 250 g/mol. The van der Waals surface area contributed by atoms with Crippen molar-refractivity contribution in [1.82, 2.24) is 0 Å². The third-order valence-electron chi connectivity index (χ3n) is 2.83. The van der Waals surface area contributed by atoms with E-state index in [2.05, 4.69) is 0 Å². The third-order valence-corrected chi connectivity index (χ3v) is 3.06. The van der Waals surface area contributed by atoms with Crippen LogP contribution in [0.2, 0.25) is 5.02 Å². The van der Waals surface area contributed by atoms with Crippen LogP contribution in [0.4, 0.5) is 5.69 Å². The van der Waals surface area contributed by atoms with Crippen LogP contribution in [0.1, 0.15) is 17.4 Å². The first-order valence-electron chi connectivity index (χ1n) is 5.64. The van der Waals surface area contributed by atoms with Gasteiger partial charge < -0.3 is 15.2 Å². The maximum absolute atomic E-state index is 5.96.